The highest BCUT2D eigenvalue weighted by molar-refractivity contribution is 5.30. The maximum atomic E-state index is 9.87. The predicted octanol–water partition coefficient (Wildman–Crippen LogP) is 3.59. The summed E-state index contributed by atoms with van der Waals surface area (Å²) < 4.78 is 0. The molecular weight excluding hydrogens is 270 g/mol. The van der Waals surface area contributed by atoms with Gasteiger partial charge in [-0.3, -0.25) is 4.90 Å². The Bertz CT molecular complexity index is 596. The minimum absolute atomic E-state index is 0.268. The second-order valence-corrected chi connectivity index (χ2v) is 6.42. The summed E-state index contributed by atoms with van der Waals surface area (Å²) in [7, 11) is 0. The van der Waals surface area contributed by atoms with E-state index in [0.29, 0.717) is 11.8 Å². The van der Waals surface area contributed by atoms with Crippen molar-refractivity contribution in [2.75, 3.05) is 19.7 Å². The minimum Gasteiger partial charge on any atom is -0.396 e. The molecule has 1 heterocycles. The molecule has 0 aromatic heterocycles. The SMILES string of the molecule is Cc1ccccc1C1CCN(Cc2ccccc2)CC1CO. The molecule has 1 N–H and O–H groups in total. The zero-order valence-electron chi connectivity index (χ0n) is 13.3. The van der Waals surface area contributed by atoms with Crippen LogP contribution in [-0.4, -0.2) is 29.7 Å². The molecule has 22 heavy (non-hydrogen) atoms. The van der Waals surface area contributed by atoms with Gasteiger partial charge in [-0.25, -0.2) is 0 Å². The van der Waals surface area contributed by atoms with Crippen molar-refractivity contribution < 1.29 is 5.11 Å². The van der Waals surface area contributed by atoms with Crippen LogP contribution in [0.5, 0.6) is 0 Å². The van der Waals surface area contributed by atoms with Crippen LogP contribution in [0.2, 0.25) is 0 Å². The lowest BCUT2D eigenvalue weighted by Crippen LogP contribution is -2.40. The highest BCUT2D eigenvalue weighted by Crippen LogP contribution is 2.34. The predicted molar refractivity (Wildman–Crippen MR) is 90.8 cm³/mol. The van der Waals surface area contributed by atoms with Crippen LogP contribution in [0.25, 0.3) is 0 Å². The normalized spacial score (nSPS) is 22.6. The van der Waals surface area contributed by atoms with E-state index in [1.54, 1.807) is 0 Å². The van der Waals surface area contributed by atoms with Crippen molar-refractivity contribution in [2.45, 2.75) is 25.8 Å². The summed E-state index contributed by atoms with van der Waals surface area (Å²) in [5.41, 5.74) is 4.12. The molecule has 2 unspecified atom stereocenters. The van der Waals surface area contributed by atoms with E-state index in [-0.39, 0.29) is 6.61 Å². The number of aliphatic hydroxyl groups is 1. The molecule has 0 aliphatic carbocycles. The molecule has 2 aromatic carbocycles. The average molecular weight is 295 g/mol. The lowest BCUT2D eigenvalue weighted by atomic mass is 9.79. The van der Waals surface area contributed by atoms with Gasteiger partial charge in [0.25, 0.3) is 0 Å². The highest BCUT2D eigenvalue weighted by Gasteiger charge is 2.30. The molecule has 0 amide bonds. The van der Waals surface area contributed by atoms with Crippen LogP contribution in [-0.2, 0) is 6.54 Å². The van der Waals surface area contributed by atoms with Crippen LogP contribution in [0.1, 0.15) is 29.0 Å². The lowest BCUT2D eigenvalue weighted by Gasteiger charge is -2.38. The molecule has 0 bridgehead atoms. The summed E-state index contributed by atoms with van der Waals surface area (Å²) in [5.74, 6) is 0.816. The first-order valence-corrected chi connectivity index (χ1v) is 8.20. The van der Waals surface area contributed by atoms with E-state index in [4.69, 9.17) is 0 Å². The number of aryl methyl sites for hydroxylation is 1. The summed E-state index contributed by atoms with van der Waals surface area (Å²) in [6.45, 7) is 5.51. The van der Waals surface area contributed by atoms with Crippen LogP contribution in [0.4, 0.5) is 0 Å². The topological polar surface area (TPSA) is 23.5 Å². The van der Waals surface area contributed by atoms with Crippen molar-refractivity contribution in [1.29, 1.82) is 0 Å². The number of hydrogen-bond acceptors (Lipinski definition) is 2. The first kappa shape index (κ1) is 15.3. The average Bonchev–Trinajstić information content (AvgIpc) is 2.56. The van der Waals surface area contributed by atoms with Crippen LogP contribution in [0.15, 0.2) is 54.6 Å². The second kappa shape index (κ2) is 7.08. The van der Waals surface area contributed by atoms with Crippen molar-refractivity contribution in [1.82, 2.24) is 4.90 Å². The molecule has 1 fully saturated rings. The summed E-state index contributed by atoms with van der Waals surface area (Å²) in [6, 6.07) is 19.2. The Morgan fingerprint density at radius 1 is 1.05 bits per heavy atom. The molecule has 1 aliphatic heterocycles. The van der Waals surface area contributed by atoms with E-state index in [0.717, 1.165) is 26.1 Å². The van der Waals surface area contributed by atoms with Gasteiger partial charge in [-0.1, -0.05) is 54.6 Å². The molecule has 2 atom stereocenters. The van der Waals surface area contributed by atoms with E-state index in [1.807, 2.05) is 0 Å². The summed E-state index contributed by atoms with van der Waals surface area (Å²) in [5, 5.41) is 9.87. The van der Waals surface area contributed by atoms with Gasteiger partial charge >= 0.3 is 0 Å². The molecule has 0 spiro atoms. The lowest BCUT2D eigenvalue weighted by molar-refractivity contribution is 0.0970. The zero-order chi connectivity index (χ0) is 15.4. The molecule has 0 radical (unpaired) electrons. The number of likely N-dealkylation sites (tertiary alicyclic amines) is 1. The molecule has 2 nitrogen and oxygen atoms in total. The number of benzene rings is 2. The van der Waals surface area contributed by atoms with Gasteiger partial charge in [-0.2, -0.15) is 0 Å². The number of hydrogen-bond donors (Lipinski definition) is 1. The summed E-state index contributed by atoms with van der Waals surface area (Å²) in [4.78, 5) is 2.48. The van der Waals surface area contributed by atoms with Crippen LogP contribution in [0.3, 0.4) is 0 Å². The van der Waals surface area contributed by atoms with E-state index in [9.17, 15) is 5.11 Å². The first-order valence-electron chi connectivity index (χ1n) is 8.20. The van der Waals surface area contributed by atoms with E-state index >= 15 is 0 Å². The fraction of sp³-hybridized carbons (Fsp3) is 0.400. The molecule has 1 aliphatic rings. The Labute approximate surface area is 133 Å². The van der Waals surface area contributed by atoms with Crippen molar-refractivity contribution in [2.24, 2.45) is 5.92 Å². The third kappa shape index (κ3) is 3.40. The van der Waals surface area contributed by atoms with E-state index in [1.165, 1.54) is 16.7 Å². The largest absolute Gasteiger partial charge is 0.396 e. The number of piperidine rings is 1. The van der Waals surface area contributed by atoms with Crippen molar-refractivity contribution in [3.63, 3.8) is 0 Å². The van der Waals surface area contributed by atoms with Crippen LogP contribution >= 0.6 is 0 Å². The Morgan fingerprint density at radius 2 is 1.77 bits per heavy atom. The Kier molecular flexibility index (Phi) is 4.91. The van der Waals surface area contributed by atoms with Gasteiger partial charge < -0.3 is 5.11 Å². The van der Waals surface area contributed by atoms with Gasteiger partial charge in [0, 0.05) is 25.6 Å². The third-order valence-electron chi connectivity index (χ3n) is 4.89. The van der Waals surface area contributed by atoms with E-state index in [2.05, 4.69) is 66.4 Å². The Balaban J connectivity index is 1.70. The minimum atomic E-state index is 0.268. The first-order chi connectivity index (χ1) is 10.8. The van der Waals surface area contributed by atoms with Gasteiger partial charge in [0.2, 0.25) is 0 Å². The molecule has 3 rings (SSSR count). The molecule has 1 saturated heterocycles. The van der Waals surface area contributed by atoms with Gasteiger partial charge in [-0.15, -0.1) is 0 Å². The number of rotatable bonds is 4. The summed E-state index contributed by atoms with van der Waals surface area (Å²) >= 11 is 0. The second-order valence-electron chi connectivity index (χ2n) is 6.42. The standard InChI is InChI=1S/C20H25NO/c1-16-7-5-6-10-19(16)20-11-12-21(14-18(20)15-22)13-17-8-3-2-4-9-17/h2-10,18,20,22H,11-15H2,1H3. The van der Waals surface area contributed by atoms with Gasteiger partial charge in [0.15, 0.2) is 0 Å². The molecular formula is C20H25NO. The van der Waals surface area contributed by atoms with Crippen molar-refractivity contribution >= 4 is 0 Å². The smallest absolute Gasteiger partial charge is 0.0477 e. The van der Waals surface area contributed by atoms with E-state index < -0.39 is 0 Å². The monoisotopic (exact) mass is 295 g/mol. The van der Waals surface area contributed by atoms with Crippen molar-refractivity contribution in [3.8, 4) is 0 Å². The fourth-order valence-corrected chi connectivity index (χ4v) is 3.69. The molecule has 0 saturated carbocycles. The maximum absolute atomic E-state index is 9.87. The highest BCUT2D eigenvalue weighted by atomic mass is 16.3. The maximum Gasteiger partial charge on any atom is 0.0477 e. The third-order valence-corrected chi connectivity index (χ3v) is 4.89. The zero-order valence-corrected chi connectivity index (χ0v) is 13.3. The summed E-state index contributed by atoms with van der Waals surface area (Å²) in [6.07, 6.45) is 1.13. The Morgan fingerprint density at radius 3 is 2.50 bits per heavy atom. The number of aliphatic hydroxyl groups excluding tert-OH is 1. The molecule has 116 valence electrons. The molecule has 2 aromatic rings. The van der Waals surface area contributed by atoms with Gasteiger partial charge in [0.1, 0.15) is 0 Å². The number of nitrogens with zero attached hydrogens (tertiary/aromatic N) is 1. The van der Waals surface area contributed by atoms with Gasteiger partial charge in [0.05, 0.1) is 0 Å². The van der Waals surface area contributed by atoms with Crippen LogP contribution in [0, 0.1) is 12.8 Å². The van der Waals surface area contributed by atoms with Crippen molar-refractivity contribution in [3.05, 3.63) is 71.3 Å². The van der Waals surface area contributed by atoms with Gasteiger partial charge in [-0.05, 0) is 42.5 Å². The quantitative estimate of drug-likeness (QED) is 0.931. The molecule has 2 heteroatoms. The fourth-order valence-electron chi connectivity index (χ4n) is 3.69. The van der Waals surface area contributed by atoms with Crippen LogP contribution < -0.4 is 0 Å². The Hall–Kier alpha value is -1.64.